The van der Waals surface area contributed by atoms with Gasteiger partial charge >= 0.3 is 0 Å². The molecule has 2 aromatic rings. The van der Waals surface area contributed by atoms with Crippen LogP contribution in [-0.2, 0) is 6.54 Å². The topological polar surface area (TPSA) is 32.3 Å². The predicted molar refractivity (Wildman–Crippen MR) is 76.1 cm³/mol. The van der Waals surface area contributed by atoms with Crippen molar-refractivity contribution < 1.29 is 5.11 Å². The Morgan fingerprint density at radius 2 is 1.83 bits per heavy atom. The third-order valence-corrected chi connectivity index (χ3v) is 3.31. The van der Waals surface area contributed by atoms with Gasteiger partial charge in [0.05, 0.1) is 0 Å². The summed E-state index contributed by atoms with van der Waals surface area (Å²) < 4.78 is 0. The first kappa shape index (κ1) is 12.5. The lowest BCUT2D eigenvalue weighted by Gasteiger charge is -2.12. The van der Waals surface area contributed by atoms with E-state index in [1.165, 1.54) is 11.1 Å². The minimum absolute atomic E-state index is 0.346. The van der Waals surface area contributed by atoms with E-state index in [-0.39, 0.29) is 0 Å². The van der Waals surface area contributed by atoms with E-state index in [0.717, 1.165) is 16.8 Å². The summed E-state index contributed by atoms with van der Waals surface area (Å²) >= 11 is 0. The smallest absolute Gasteiger partial charge is 0.120 e. The van der Waals surface area contributed by atoms with Gasteiger partial charge in [0.15, 0.2) is 0 Å². The molecule has 2 aromatic carbocycles. The Labute approximate surface area is 108 Å². The van der Waals surface area contributed by atoms with E-state index in [1.54, 1.807) is 6.07 Å². The summed E-state index contributed by atoms with van der Waals surface area (Å²) in [5.74, 6) is 0.346. The number of rotatable bonds is 3. The monoisotopic (exact) mass is 241 g/mol. The number of benzene rings is 2. The molecule has 0 amide bonds. The summed E-state index contributed by atoms with van der Waals surface area (Å²) in [6, 6.07) is 11.9. The number of phenols is 1. The van der Waals surface area contributed by atoms with Gasteiger partial charge in [0, 0.05) is 17.8 Å². The molecule has 0 saturated heterocycles. The van der Waals surface area contributed by atoms with Gasteiger partial charge in [-0.05, 0) is 44.0 Å². The molecule has 0 saturated carbocycles. The zero-order chi connectivity index (χ0) is 13.1. The third kappa shape index (κ3) is 2.65. The SMILES string of the molecule is Cc1ccc(O)c(CNc2cccc(C)c2C)c1. The quantitative estimate of drug-likeness (QED) is 0.853. The molecule has 2 heteroatoms. The van der Waals surface area contributed by atoms with Crippen LogP contribution in [0.15, 0.2) is 36.4 Å². The van der Waals surface area contributed by atoms with Gasteiger partial charge in [-0.25, -0.2) is 0 Å². The van der Waals surface area contributed by atoms with Gasteiger partial charge in [0.1, 0.15) is 5.75 Å². The van der Waals surface area contributed by atoms with Crippen molar-refractivity contribution in [1.82, 2.24) is 0 Å². The molecule has 0 atom stereocenters. The molecular weight excluding hydrogens is 222 g/mol. The molecule has 2 nitrogen and oxygen atoms in total. The predicted octanol–water partition coefficient (Wildman–Crippen LogP) is 3.93. The first-order chi connectivity index (χ1) is 8.58. The van der Waals surface area contributed by atoms with Crippen molar-refractivity contribution in [3.05, 3.63) is 58.7 Å². The van der Waals surface area contributed by atoms with Crippen LogP contribution in [0.25, 0.3) is 0 Å². The van der Waals surface area contributed by atoms with Gasteiger partial charge in [-0.3, -0.25) is 0 Å². The van der Waals surface area contributed by atoms with Crippen molar-refractivity contribution in [1.29, 1.82) is 0 Å². The van der Waals surface area contributed by atoms with Crippen LogP contribution in [0.3, 0.4) is 0 Å². The number of aryl methyl sites for hydroxylation is 2. The number of hydrogen-bond donors (Lipinski definition) is 2. The molecule has 2 N–H and O–H groups in total. The van der Waals surface area contributed by atoms with Crippen LogP contribution in [0.5, 0.6) is 5.75 Å². The zero-order valence-electron chi connectivity index (χ0n) is 11.1. The van der Waals surface area contributed by atoms with Gasteiger partial charge in [-0.2, -0.15) is 0 Å². The fourth-order valence-electron chi connectivity index (χ4n) is 1.99. The molecule has 0 radical (unpaired) electrons. The molecule has 0 aliphatic carbocycles. The molecular formula is C16H19NO. The van der Waals surface area contributed by atoms with E-state index in [2.05, 4.69) is 31.3 Å². The molecule has 0 fully saturated rings. The lowest BCUT2D eigenvalue weighted by molar-refractivity contribution is 0.469. The summed E-state index contributed by atoms with van der Waals surface area (Å²) in [5, 5.41) is 13.2. The van der Waals surface area contributed by atoms with Crippen molar-refractivity contribution in [3.8, 4) is 5.75 Å². The molecule has 0 heterocycles. The first-order valence-corrected chi connectivity index (χ1v) is 6.16. The maximum Gasteiger partial charge on any atom is 0.120 e. The average Bonchev–Trinajstić information content (AvgIpc) is 2.35. The highest BCUT2D eigenvalue weighted by molar-refractivity contribution is 5.54. The van der Waals surface area contributed by atoms with Crippen LogP contribution in [0.4, 0.5) is 5.69 Å². The van der Waals surface area contributed by atoms with Crippen LogP contribution in [-0.4, -0.2) is 5.11 Å². The van der Waals surface area contributed by atoms with Gasteiger partial charge in [-0.15, -0.1) is 0 Å². The molecule has 0 aliphatic rings. The van der Waals surface area contributed by atoms with Crippen molar-refractivity contribution in [2.45, 2.75) is 27.3 Å². The third-order valence-electron chi connectivity index (χ3n) is 3.31. The van der Waals surface area contributed by atoms with Gasteiger partial charge in [0.2, 0.25) is 0 Å². The summed E-state index contributed by atoms with van der Waals surface area (Å²) in [7, 11) is 0. The summed E-state index contributed by atoms with van der Waals surface area (Å²) in [4.78, 5) is 0. The Morgan fingerprint density at radius 3 is 2.61 bits per heavy atom. The van der Waals surface area contributed by atoms with Crippen molar-refractivity contribution in [2.24, 2.45) is 0 Å². The fourth-order valence-corrected chi connectivity index (χ4v) is 1.99. The maximum absolute atomic E-state index is 9.80. The largest absolute Gasteiger partial charge is 0.508 e. The molecule has 0 aromatic heterocycles. The molecule has 0 spiro atoms. The highest BCUT2D eigenvalue weighted by atomic mass is 16.3. The number of aromatic hydroxyl groups is 1. The second-order valence-electron chi connectivity index (χ2n) is 4.73. The van der Waals surface area contributed by atoms with Crippen molar-refractivity contribution >= 4 is 5.69 Å². The Balaban J connectivity index is 2.16. The minimum Gasteiger partial charge on any atom is -0.508 e. The van der Waals surface area contributed by atoms with E-state index in [4.69, 9.17) is 0 Å². The van der Waals surface area contributed by atoms with Crippen LogP contribution in [0.2, 0.25) is 0 Å². The number of anilines is 1. The molecule has 94 valence electrons. The van der Waals surface area contributed by atoms with E-state index in [9.17, 15) is 5.11 Å². The lowest BCUT2D eigenvalue weighted by atomic mass is 10.1. The molecule has 0 bridgehead atoms. The summed E-state index contributed by atoms with van der Waals surface area (Å²) in [6.07, 6.45) is 0. The Morgan fingerprint density at radius 1 is 1.06 bits per heavy atom. The van der Waals surface area contributed by atoms with E-state index >= 15 is 0 Å². The second kappa shape index (κ2) is 5.13. The van der Waals surface area contributed by atoms with E-state index in [0.29, 0.717) is 12.3 Å². The van der Waals surface area contributed by atoms with Gasteiger partial charge in [-0.1, -0.05) is 29.8 Å². The molecule has 0 unspecified atom stereocenters. The zero-order valence-corrected chi connectivity index (χ0v) is 11.1. The maximum atomic E-state index is 9.80. The fraction of sp³-hybridized carbons (Fsp3) is 0.250. The highest BCUT2D eigenvalue weighted by Gasteiger charge is 2.03. The standard InChI is InChI=1S/C16H19NO/c1-11-7-8-16(18)14(9-11)10-17-15-6-4-5-12(2)13(15)3/h4-9,17-18H,10H2,1-3H3. The molecule has 18 heavy (non-hydrogen) atoms. The lowest BCUT2D eigenvalue weighted by Crippen LogP contribution is -2.02. The van der Waals surface area contributed by atoms with E-state index in [1.807, 2.05) is 25.1 Å². The van der Waals surface area contributed by atoms with Crippen LogP contribution in [0, 0.1) is 20.8 Å². The second-order valence-corrected chi connectivity index (χ2v) is 4.73. The van der Waals surface area contributed by atoms with Crippen LogP contribution < -0.4 is 5.32 Å². The highest BCUT2D eigenvalue weighted by Crippen LogP contribution is 2.22. The molecule has 2 rings (SSSR count). The summed E-state index contributed by atoms with van der Waals surface area (Å²) in [5.41, 5.74) is 5.73. The average molecular weight is 241 g/mol. The normalized spacial score (nSPS) is 10.4. The Kier molecular flexibility index (Phi) is 3.56. The number of phenolic OH excluding ortho intramolecular Hbond substituents is 1. The van der Waals surface area contributed by atoms with Gasteiger partial charge < -0.3 is 10.4 Å². The minimum atomic E-state index is 0.346. The van der Waals surface area contributed by atoms with Crippen molar-refractivity contribution in [2.75, 3.05) is 5.32 Å². The Hall–Kier alpha value is -1.96. The summed E-state index contributed by atoms with van der Waals surface area (Å²) in [6.45, 7) is 6.87. The number of hydrogen-bond acceptors (Lipinski definition) is 2. The van der Waals surface area contributed by atoms with Crippen LogP contribution in [0.1, 0.15) is 22.3 Å². The molecule has 0 aliphatic heterocycles. The van der Waals surface area contributed by atoms with E-state index < -0.39 is 0 Å². The van der Waals surface area contributed by atoms with Gasteiger partial charge in [0.25, 0.3) is 0 Å². The number of nitrogens with one attached hydrogen (secondary N) is 1. The van der Waals surface area contributed by atoms with Crippen LogP contribution >= 0.6 is 0 Å². The Bertz CT molecular complexity index is 559. The van der Waals surface area contributed by atoms with Crippen molar-refractivity contribution in [3.63, 3.8) is 0 Å². The first-order valence-electron chi connectivity index (χ1n) is 6.16.